The molecule has 0 bridgehead atoms. The molecule has 1 aromatic rings. The van der Waals surface area contributed by atoms with Crippen LogP contribution in [0.15, 0.2) is 6.07 Å². The molecule has 0 spiro atoms. The van der Waals surface area contributed by atoms with Gasteiger partial charge in [0.2, 0.25) is 0 Å². The number of hydrogen-bond acceptors (Lipinski definition) is 3. The van der Waals surface area contributed by atoms with Crippen molar-refractivity contribution in [1.29, 1.82) is 0 Å². The monoisotopic (exact) mass is 264 g/mol. The smallest absolute Gasteiger partial charge is 0.346 e. The van der Waals surface area contributed by atoms with Crippen LogP contribution in [0.1, 0.15) is 38.3 Å². The van der Waals surface area contributed by atoms with Crippen LogP contribution in [-0.2, 0) is 6.42 Å². The molecular weight excluding hydrogens is 254 g/mol. The van der Waals surface area contributed by atoms with Gasteiger partial charge in [0, 0.05) is 12.8 Å². The number of rotatable bonds is 5. The van der Waals surface area contributed by atoms with Crippen LogP contribution in [0.3, 0.4) is 0 Å². The minimum Gasteiger partial charge on any atom is -0.477 e. The molecular formula is C10H10F2O4S. The van der Waals surface area contributed by atoms with Crippen molar-refractivity contribution >= 4 is 23.3 Å². The van der Waals surface area contributed by atoms with Crippen molar-refractivity contribution < 1.29 is 28.6 Å². The van der Waals surface area contributed by atoms with Gasteiger partial charge in [0.05, 0.1) is 0 Å². The van der Waals surface area contributed by atoms with Crippen LogP contribution in [0, 0.1) is 0 Å². The summed E-state index contributed by atoms with van der Waals surface area (Å²) in [5, 5.41) is 17.5. The van der Waals surface area contributed by atoms with Gasteiger partial charge in [-0.05, 0) is 11.6 Å². The molecule has 0 fully saturated rings. The van der Waals surface area contributed by atoms with Crippen molar-refractivity contribution in [1.82, 2.24) is 0 Å². The summed E-state index contributed by atoms with van der Waals surface area (Å²) in [6.07, 6.45) is -1.18. The highest BCUT2D eigenvalue weighted by Gasteiger charge is 2.30. The zero-order valence-corrected chi connectivity index (χ0v) is 9.68. The van der Waals surface area contributed by atoms with E-state index in [1.807, 2.05) is 0 Å². The molecule has 0 aromatic carbocycles. The summed E-state index contributed by atoms with van der Waals surface area (Å²) in [7, 11) is 0. The number of thiophene rings is 1. The SMILES string of the molecule is CCC(F)(F)Cc1cc(C(=O)O)sc1C(=O)O. The fourth-order valence-electron chi connectivity index (χ4n) is 1.25. The fraction of sp³-hybridized carbons (Fsp3) is 0.400. The van der Waals surface area contributed by atoms with E-state index in [1.54, 1.807) is 0 Å². The average molecular weight is 264 g/mol. The second-order valence-electron chi connectivity index (χ2n) is 3.46. The van der Waals surface area contributed by atoms with Crippen molar-refractivity contribution in [2.24, 2.45) is 0 Å². The van der Waals surface area contributed by atoms with E-state index in [0.717, 1.165) is 6.07 Å². The van der Waals surface area contributed by atoms with E-state index >= 15 is 0 Å². The van der Waals surface area contributed by atoms with Gasteiger partial charge in [-0.25, -0.2) is 18.4 Å². The van der Waals surface area contributed by atoms with Gasteiger partial charge in [0.1, 0.15) is 9.75 Å². The normalized spacial score (nSPS) is 11.5. The zero-order chi connectivity index (χ0) is 13.2. The molecule has 1 heterocycles. The first kappa shape index (κ1) is 13.6. The summed E-state index contributed by atoms with van der Waals surface area (Å²) in [6, 6.07) is 1.00. The van der Waals surface area contributed by atoms with Crippen molar-refractivity contribution in [3.8, 4) is 0 Å². The first-order valence-corrected chi connectivity index (χ1v) is 5.55. The first-order chi connectivity index (χ1) is 7.76. The summed E-state index contributed by atoms with van der Waals surface area (Å²) >= 11 is 0.494. The van der Waals surface area contributed by atoms with Crippen LogP contribution in [0.2, 0.25) is 0 Å². The predicted octanol–water partition coefficient (Wildman–Crippen LogP) is 2.73. The Morgan fingerprint density at radius 3 is 2.35 bits per heavy atom. The lowest BCUT2D eigenvalue weighted by atomic mass is 10.1. The van der Waals surface area contributed by atoms with Crippen LogP contribution < -0.4 is 0 Å². The largest absolute Gasteiger partial charge is 0.477 e. The molecule has 0 saturated carbocycles. The molecule has 0 radical (unpaired) electrons. The number of carboxylic acids is 2. The maximum Gasteiger partial charge on any atom is 0.346 e. The molecule has 0 atom stereocenters. The predicted molar refractivity (Wildman–Crippen MR) is 57.2 cm³/mol. The minimum atomic E-state index is -3.03. The highest BCUT2D eigenvalue weighted by Crippen LogP contribution is 2.30. The maximum atomic E-state index is 13.2. The van der Waals surface area contributed by atoms with Crippen molar-refractivity contribution in [3.05, 3.63) is 21.4 Å². The molecule has 2 N–H and O–H groups in total. The van der Waals surface area contributed by atoms with Gasteiger partial charge in [-0.15, -0.1) is 11.3 Å². The Balaban J connectivity index is 3.13. The van der Waals surface area contributed by atoms with E-state index in [-0.39, 0.29) is 15.3 Å². The Morgan fingerprint density at radius 1 is 1.35 bits per heavy atom. The zero-order valence-electron chi connectivity index (χ0n) is 8.87. The quantitative estimate of drug-likeness (QED) is 0.857. The number of hydrogen-bond donors (Lipinski definition) is 2. The lowest BCUT2D eigenvalue weighted by Gasteiger charge is -2.12. The molecule has 0 amide bonds. The van der Waals surface area contributed by atoms with Crippen molar-refractivity contribution in [3.63, 3.8) is 0 Å². The fourth-order valence-corrected chi connectivity index (χ4v) is 2.11. The number of halogens is 2. The van der Waals surface area contributed by atoms with Gasteiger partial charge in [-0.2, -0.15) is 0 Å². The van der Waals surface area contributed by atoms with E-state index in [9.17, 15) is 18.4 Å². The average Bonchev–Trinajstić information content (AvgIpc) is 2.61. The van der Waals surface area contributed by atoms with Gasteiger partial charge in [-0.1, -0.05) is 6.92 Å². The summed E-state index contributed by atoms with van der Waals surface area (Å²) < 4.78 is 26.3. The van der Waals surface area contributed by atoms with E-state index < -0.39 is 30.7 Å². The minimum absolute atomic E-state index is 0.133. The third kappa shape index (κ3) is 3.23. The Hall–Kier alpha value is -1.50. The van der Waals surface area contributed by atoms with Crippen LogP contribution in [0.4, 0.5) is 8.78 Å². The summed E-state index contributed by atoms with van der Waals surface area (Å²) in [6.45, 7) is 1.28. The number of carbonyl (C=O) groups is 2. The summed E-state index contributed by atoms with van der Waals surface area (Å²) in [4.78, 5) is 20.9. The third-order valence-electron chi connectivity index (χ3n) is 2.18. The second kappa shape index (κ2) is 4.79. The maximum absolute atomic E-state index is 13.2. The standard InChI is InChI=1S/C10H10F2O4S/c1-2-10(11,12)4-5-3-6(8(13)14)17-7(5)9(15)16/h3H,2,4H2,1H3,(H,13,14)(H,15,16). The van der Waals surface area contributed by atoms with Crippen LogP contribution >= 0.6 is 11.3 Å². The summed E-state index contributed by atoms with van der Waals surface area (Å²) in [5.41, 5.74) is -0.133. The molecule has 0 aliphatic rings. The number of carboxylic acid groups (broad SMARTS) is 2. The molecule has 7 heteroatoms. The molecule has 1 aromatic heterocycles. The second-order valence-corrected chi connectivity index (χ2v) is 4.51. The van der Waals surface area contributed by atoms with Crippen molar-refractivity contribution in [2.45, 2.75) is 25.7 Å². The van der Waals surface area contributed by atoms with Gasteiger partial charge in [-0.3, -0.25) is 0 Å². The van der Waals surface area contributed by atoms with Gasteiger partial charge < -0.3 is 10.2 Å². The molecule has 0 saturated heterocycles. The van der Waals surface area contributed by atoms with E-state index in [0.29, 0.717) is 11.3 Å². The molecule has 0 aliphatic carbocycles. The third-order valence-corrected chi connectivity index (χ3v) is 3.33. The number of alkyl halides is 2. The van der Waals surface area contributed by atoms with Crippen LogP contribution in [0.5, 0.6) is 0 Å². The Kier molecular flexibility index (Phi) is 3.82. The highest BCUT2D eigenvalue weighted by molar-refractivity contribution is 7.16. The lowest BCUT2D eigenvalue weighted by molar-refractivity contribution is -0.00231. The number of aromatic carboxylic acids is 2. The van der Waals surface area contributed by atoms with Gasteiger partial charge >= 0.3 is 11.9 Å². The Bertz CT molecular complexity index is 453. The molecule has 0 aliphatic heterocycles. The van der Waals surface area contributed by atoms with E-state index in [4.69, 9.17) is 10.2 Å². The first-order valence-electron chi connectivity index (χ1n) is 4.74. The molecule has 1 rings (SSSR count). The summed E-state index contributed by atoms with van der Waals surface area (Å²) in [5.74, 6) is -5.73. The van der Waals surface area contributed by atoms with Gasteiger partial charge in [0.15, 0.2) is 0 Å². The molecule has 94 valence electrons. The topological polar surface area (TPSA) is 74.6 Å². The highest BCUT2D eigenvalue weighted by atomic mass is 32.1. The molecule has 17 heavy (non-hydrogen) atoms. The van der Waals surface area contributed by atoms with E-state index in [1.165, 1.54) is 6.92 Å². The van der Waals surface area contributed by atoms with Crippen LogP contribution in [0.25, 0.3) is 0 Å². The van der Waals surface area contributed by atoms with Crippen molar-refractivity contribution in [2.75, 3.05) is 0 Å². The Morgan fingerprint density at radius 2 is 1.94 bits per heavy atom. The molecule has 4 nitrogen and oxygen atoms in total. The van der Waals surface area contributed by atoms with E-state index in [2.05, 4.69) is 0 Å². The lowest BCUT2D eigenvalue weighted by Crippen LogP contribution is -2.18. The Labute approximate surface area is 99.5 Å². The van der Waals surface area contributed by atoms with Crippen LogP contribution in [-0.4, -0.2) is 28.1 Å². The molecule has 0 unspecified atom stereocenters. The van der Waals surface area contributed by atoms with Gasteiger partial charge in [0.25, 0.3) is 5.92 Å².